The predicted molar refractivity (Wildman–Crippen MR) is 78.3 cm³/mol. The predicted octanol–water partition coefficient (Wildman–Crippen LogP) is 2.44. The van der Waals surface area contributed by atoms with Crippen molar-refractivity contribution in [3.63, 3.8) is 0 Å². The van der Waals surface area contributed by atoms with Crippen molar-refractivity contribution >= 4 is 28.4 Å². The molecule has 1 heterocycles. The maximum Gasteiger partial charge on any atom is 0.233 e. The van der Waals surface area contributed by atoms with E-state index >= 15 is 0 Å². The van der Waals surface area contributed by atoms with Crippen molar-refractivity contribution in [1.29, 1.82) is 0 Å². The van der Waals surface area contributed by atoms with Crippen LogP contribution < -0.4 is 10.6 Å². The van der Waals surface area contributed by atoms with Gasteiger partial charge in [-0.05, 0) is 24.1 Å². The third kappa shape index (κ3) is 3.72. The van der Waals surface area contributed by atoms with Crippen LogP contribution in [-0.4, -0.2) is 24.0 Å². The number of carbonyl (C=O) groups is 1. The molecule has 3 N–H and O–H groups in total. The van der Waals surface area contributed by atoms with Crippen LogP contribution in [0.1, 0.15) is 18.9 Å². The van der Waals surface area contributed by atoms with Crippen molar-refractivity contribution in [2.75, 3.05) is 13.1 Å². The van der Waals surface area contributed by atoms with Crippen molar-refractivity contribution in [3.05, 3.63) is 35.0 Å². The average molecular weight is 280 g/mol. The van der Waals surface area contributed by atoms with Gasteiger partial charge < -0.3 is 15.6 Å². The first-order chi connectivity index (χ1) is 9.20. The van der Waals surface area contributed by atoms with Gasteiger partial charge in [-0.3, -0.25) is 4.79 Å². The lowest BCUT2D eigenvalue weighted by Gasteiger charge is -2.05. The lowest BCUT2D eigenvalue weighted by Crippen LogP contribution is -2.33. The highest BCUT2D eigenvalue weighted by Crippen LogP contribution is 2.21. The van der Waals surface area contributed by atoms with Gasteiger partial charge in [-0.15, -0.1) is 0 Å². The molecule has 0 bridgehead atoms. The van der Waals surface area contributed by atoms with E-state index in [-0.39, 0.29) is 5.91 Å². The van der Waals surface area contributed by atoms with Gasteiger partial charge in [0.15, 0.2) is 0 Å². The van der Waals surface area contributed by atoms with Gasteiger partial charge in [-0.1, -0.05) is 24.6 Å². The Kier molecular flexibility index (Phi) is 4.82. The number of hydrogen-bond donors (Lipinski definition) is 3. The number of fused-ring (bicyclic) bond motifs is 1. The molecule has 0 spiro atoms. The fourth-order valence-corrected chi connectivity index (χ4v) is 2.11. The van der Waals surface area contributed by atoms with Crippen LogP contribution >= 0.6 is 11.6 Å². The summed E-state index contributed by atoms with van der Waals surface area (Å²) in [4.78, 5) is 14.6. The van der Waals surface area contributed by atoms with Gasteiger partial charge in [0.25, 0.3) is 0 Å². The summed E-state index contributed by atoms with van der Waals surface area (Å²) in [5.41, 5.74) is 2.15. The summed E-state index contributed by atoms with van der Waals surface area (Å²) in [6.45, 7) is 3.75. The normalized spacial score (nSPS) is 10.8. The number of halogens is 1. The highest BCUT2D eigenvalue weighted by atomic mass is 35.5. The van der Waals surface area contributed by atoms with E-state index in [0.29, 0.717) is 18.1 Å². The van der Waals surface area contributed by atoms with Gasteiger partial charge in [-0.2, -0.15) is 0 Å². The Hall–Kier alpha value is -1.52. The van der Waals surface area contributed by atoms with Gasteiger partial charge in [0.1, 0.15) is 0 Å². The first-order valence-electron chi connectivity index (χ1n) is 6.43. The van der Waals surface area contributed by atoms with Crippen molar-refractivity contribution in [2.24, 2.45) is 0 Å². The molecule has 0 saturated carbocycles. The van der Waals surface area contributed by atoms with Crippen LogP contribution in [0.2, 0.25) is 5.02 Å². The van der Waals surface area contributed by atoms with Crippen LogP contribution in [0, 0.1) is 0 Å². The van der Waals surface area contributed by atoms with E-state index in [1.54, 1.807) is 0 Å². The third-order valence-corrected chi connectivity index (χ3v) is 3.14. The lowest BCUT2D eigenvalue weighted by atomic mass is 10.2. The fraction of sp³-hybridized carbons (Fsp3) is 0.357. The van der Waals surface area contributed by atoms with Gasteiger partial charge in [0.2, 0.25) is 5.91 Å². The molecule has 0 radical (unpaired) electrons. The summed E-state index contributed by atoms with van der Waals surface area (Å²) in [7, 11) is 0. The molecule has 4 nitrogen and oxygen atoms in total. The molecular weight excluding hydrogens is 262 g/mol. The first kappa shape index (κ1) is 13.9. The van der Waals surface area contributed by atoms with E-state index in [4.69, 9.17) is 11.6 Å². The minimum absolute atomic E-state index is 0.0322. The summed E-state index contributed by atoms with van der Waals surface area (Å²) < 4.78 is 0. The topological polar surface area (TPSA) is 56.9 Å². The zero-order valence-corrected chi connectivity index (χ0v) is 11.7. The van der Waals surface area contributed by atoms with Crippen LogP contribution in [0.25, 0.3) is 10.9 Å². The summed E-state index contributed by atoms with van der Waals surface area (Å²) in [6, 6.07) is 5.76. The SMILES string of the molecule is CCCNC(=O)CNCc1c[nH]c2cc(Cl)ccc12. The number of aromatic amines is 1. The summed E-state index contributed by atoms with van der Waals surface area (Å²) in [6.07, 6.45) is 2.90. The van der Waals surface area contributed by atoms with E-state index in [9.17, 15) is 4.79 Å². The maximum absolute atomic E-state index is 11.4. The van der Waals surface area contributed by atoms with Crippen molar-refractivity contribution in [2.45, 2.75) is 19.9 Å². The Morgan fingerprint density at radius 3 is 3.05 bits per heavy atom. The quantitative estimate of drug-likeness (QED) is 0.761. The van der Waals surface area contributed by atoms with Crippen LogP contribution in [0.3, 0.4) is 0 Å². The largest absolute Gasteiger partial charge is 0.361 e. The molecule has 1 amide bonds. The highest BCUT2D eigenvalue weighted by Gasteiger charge is 2.05. The average Bonchev–Trinajstić information content (AvgIpc) is 2.79. The number of aromatic nitrogens is 1. The number of H-pyrrole nitrogens is 1. The zero-order valence-electron chi connectivity index (χ0n) is 10.9. The molecule has 5 heteroatoms. The van der Waals surface area contributed by atoms with Gasteiger partial charge >= 0.3 is 0 Å². The van der Waals surface area contributed by atoms with Crippen LogP contribution in [0.4, 0.5) is 0 Å². The van der Waals surface area contributed by atoms with Crippen molar-refractivity contribution in [3.8, 4) is 0 Å². The second-order valence-corrected chi connectivity index (χ2v) is 4.89. The fourth-order valence-electron chi connectivity index (χ4n) is 1.94. The van der Waals surface area contributed by atoms with Crippen molar-refractivity contribution < 1.29 is 4.79 Å². The molecule has 0 aliphatic rings. The van der Waals surface area contributed by atoms with Gasteiger partial charge in [0.05, 0.1) is 6.54 Å². The van der Waals surface area contributed by atoms with Crippen LogP contribution in [0.15, 0.2) is 24.4 Å². The molecule has 1 aromatic heterocycles. The summed E-state index contributed by atoms with van der Waals surface area (Å²) in [5, 5.41) is 7.81. The lowest BCUT2D eigenvalue weighted by molar-refractivity contribution is -0.120. The Morgan fingerprint density at radius 2 is 2.26 bits per heavy atom. The molecule has 19 heavy (non-hydrogen) atoms. The molecule has 2 aromatic rings. The smallest absolute Gasteiger partial charge is 0.233 e. The van der Waals surface area contributed by atoms with E-state index in [1.807, 2.05) is 31.3 Å². The van der Waals surface area contributed by atoms with Gasteiger partial charge in [-0.25, -0.2) is 0 Å². The number of hydrogen-bond acceptors (Lipinski definition) is 2. The molecule has 0 saturated heterocycles. The molecule has 0 aliphatic heterocycles. The molecule has 0 aliphatic carbocycles. The standard InChI is InChI=1S/C14H18ClN3O/c1-2-5-17-14(19)9-16-7-10-8-18-13-6-11(15)3-4-12(10)13/h3-4,6,8,16,18H,2,5,7,9H2,1H3,(H,17,19). The molecule has 2 rings (SSSR count). The highest BCUT2D eigenvalue weighted by molar-refractivity contribution is 6.31. The number of carbonyl (C=O) groups excluding carboxylic acids is 1. The van der Waals surface area contributed by atoms with Crippen molar-refractivity contribution in [1.82, 2.24) is 15.6 Å². The first-order valence-corrected chi connectivity index (χ1v) is 6.81. The van der Waals surface area contributed by atoms with Crippen LogP contribution in [-0.2, 0) is 11.3 Å². The Morgan fingerprint density at radius 1 is 1.42 bits per heavy atom. The molecular formula is C14H18ClN3O. The second kappa shape index (κ2) is 6.59. The van der Waals surface area contributed by atoms with E-state index in [1.165, 1.54) is 0 Å². The van der Waals surface area contributed by atoms with Gasteiger partial charge in [0, 0.05) is 35.2 Å². The number of nitrogens with one attached hydrogen (secondary N) is 3. The summed E-state index contributed by atoms with van der Waals surface area (Å²) >= 11 is 5.93. The third-order valence-electron chi connectivity index (χ3n) is 2.90. The molecule has 0 unspecified atom stereocenters. The van der Waals surface area contributed by atoms with E-state index < -0.39 is 0 Å². The molecule has 1 aromatic carbocycles. The zero-order chi connectivity index (χ0) is 13.7. The minimum Gasteiger partial charge on any atom is -0.361 e. The molecule has 102 valence electrons. The Labute approximate surface area is 117 Å². The Bertz CT molecular complexity index is 565. The number of amides is 1. The van der Waals surface area contributed by atoms with E-state index in [0.717, 1.165) is 29.4 Å². The minimum atomic E-state index is 0.0322. The number of rotatable bonds is 6. The molecule has 0 fully saturated rings. The Balaban J connectivity index is 1.90. The summed E-state index contributed by atoms with van der Waals surface area (Å²) in [5.74, 6) is 0.0322. The second-order valence-electron chi connectivity index (χ2n) is 4.46. The maximum atomic E-state index is 11.4. The van der Waals surface area contributed by atoms with Crippen LogP contribution in [0.5, 0.6) is 0 Å². The number of benzene rings is 1. The molecule has 0 atom stereocenters. The van der Waals surface area contributed by atoms with E-state index in [2.05, 4.69) is 15.6 Å². The monoisotopic (exact) mass is 279 g/mol.